The molecule has 20 heavy (non-hydrogen) atoms. The Hall–Kier alpha value is -1.59. The number of alkyl halides is 3. The summed E-state index contributed by atoms with van der Waals surface area (Å²) in [5, 5.41) is 3.05. The molecule has 0 bridgehead atoms. The molecule has 0 radical (unpaired) electrons. The van der Waals surface area contributed by atoms with E-state index in [4.69, 9.17) is 28.9 Å². The molecule has 0 aliphatic rings. The number of nitrogens with one attached hydrogen (secondary N) is 1. The molecule has 0 saturated heterocycles. The summed E-state index contributed by atoms with van der Waals surface area (Å²) in [7, 11) is 0. The van der Waals surface area contributed by atoms with Gasteiger partial charge in [-0.15, -0.1) is 0 Å². The molecule has 2 aromatic rings. The summed E-state index contributed by atoms with van der Waals surface area (Å²) >= 11 is 11.3. The van der Waals surface area contributed by atoms with Gasteiger partial charge in [0, 0.05) is 10.0 Å². The van der Waals surface area contributed by atoms with E-state index in [1.165, 1.54) is 30.3 Å². The molecule has 0 atom stereocenters. The molecule has 0 aliphatic heterocycles. The van der Waals surface area contributed by atoms with Crippen molar-refractivity contribution in [3.8, 4) is 0 Å². The Labute approximate surface area is 123 Å². The zero-order chi connectivity index (χ0) is 14.9. The normalized spacial score (nSPS) is 11.4. The fourth-order valence-corrected chi connectivity index (χ4v) is 2.01. The van der Waals surface area contributed by atoms with Crippen molar-refractivity contribution in [1.82, 2.24) is 0 Å². The number of halogens is 5. The minimum atomic E-state index is -4.52. The second kappa shape index (κ2) is 5.42. The van der Waals surface area contributed by atoms with Crippen molar-refractivity contribution in [2.75, 3.05) is 11.1 Å². The lowest BCUT2D eigenvalue weighted by Crippen LogP contribution is -2.09. The van der Waals surface area contributed by atoms with E-state index in [9.17, 15) is 13.2 Å². The van der Waals surface area contributed by atoms with E-state index >= 15 is 0 Å². The average molecular weight is 321 g/mol. The topological polar surface area (TPSA) is 38.0 Å². The van der Waals surface area contributed by atoms with Crippen molar-refractivity contribution in [2.24, 2.45) is 0 Å². The smallest absolute Gasteiger partial charge is 0.397 e. The third-order valence-electron chi connectivity index (χ3n) is 2.57. The van der Waals surface area contributed by atoms with Gasteiger partial charge in [0.15, 0.2) is 0 Å². The van der Waals surface area contributed by atoms with E-state index < -0.39 is 11.7 Å². The number of rotatable bonds is 2. The number of nitrogen functional groups attached to an aromatic ring is 1. The van der Waals surface area contributed by atoms with Crippen molar-refractivity contribution < 1.29 is 13.2 Å². The summed E-state index contributed by atoms with van der Waals surface area (Å²) in [5.41, 5.74) is 5.30. The molecule has 106 valence electrons. The first kappa shape index (κ1) is 14.8. The third-order valence-corrected chi connectivity index (χ3v) is 3.04. The molecule has 0 aromatic heterocycles. The Kier molecular flexibility index (Phi) is 4.01. The first-order chi connectivity index (χ1) is 9.27. The monoisotopic (exact) mass is 320 g/mol. The maximum absolute atomic E-state index is 12.9. The lowest BCUT2D eigenvalue weighted by molar-refractivity contribution is -0.136. The number of hydrogen-bond acceptors (Lipinski definition) is 2. The van der Waals surface area contributed by atoms with E-state index in [1.807, 2.05) is 0 Å². The minimum Gasteiger partial charge on any atom is -0.397 e. The van der Waals surface area contributed by atoms with Crippen LogP contribution in [0.2, 0.25) is 10.0 Å². The second-order valence-corrected chi connectivity index (χ2v) is 4.92. The minimum absolute atomic E-state index is 0.00644. The van der Waals surface area contributed by atoms with Gasteiger partial charge in [-0.2, -0.15) is 13.2 Å². The van der Waals surface area contributed by atoms with Gasteiger partial charge in [-0.3, -0.25) is 0 Å². The molecule has 0 fully saturated rings. The van der Waals surface area contributed by atoms with Gasteiger partial charge in [0.05, 0.1) is 22.6 Å². The van der Waals surface area contributed by atoms with Gasteiger partial charge in [0.2, 0.25) is 0 Å². The van der Waals surface area contributed by atoms with Crippen molar-refractivity contribution >= 4 is 40.3 Å². The van der Waals surface area contributed by atoms with Crippen LogP contribution >= 0.6 is 23.2 Å². The number of hydrogen-bond donors (Lipinski definition) is 2. The molecule has 7 heteroatoms. The Balaban J connectivity index is 2.43. The lowest BCUT2D eigenvalue weighted by Gasteiger charge is -2.16. The van der Waals surface area contributed by atoms with Crippen LogP contribution in [0.25, 0.3) is 0 Å². The van der Waals surface area contributed by atoms with Crippen LogP contribution in [0.4, 0.5) is 30.2 Å². The largest absolute Gasteiger partial charge is 0.418 e. The highest BCUT2D eigenvalue weighted by atomic mass is 35.5. The van der Waals surface area contributed by atoms with Crippen LogP contribution in [0.1, 0.15) is 5.56 Å². The van der Waals surface area contributed by atoms with Crippen molar-refractivity contribution in [3.05, 3.63) is 52.0 Å². The van der Waals surface area contributed by atoms with Crippen molar-refractivity contribution in [2.45, 2.75) is 6.18 Å². The summed E-state index contributed by atoms with van der Waals surface area (Å²) < 4.78 is 38.8. The SMILES string of the molecule is Nc1cc(Cl)ccc1Nc1ccc(Cl)cc1C(F)(F)F. The number of benzene rings is 2. The van der Waals surface area contributed by atoms with Gasteiger partial charge in [-0.1, -0.05) is 23.2 Å². The Morgan fingerprint density at radius 1 is 0.900 bits per heavy atom. The van der Waals surface area contributed by atoms with Gasteiger partial charge in [0.1, 0.15) is 0 Å². The van der Waals surface area contributed by atoms with E-state index in [1.54, 1.807) is 0 Å². The molecular weight excluding hydrogens is 312 g/mol. The first-order valence-electron chi connectivity index (χ1n) is 5.46. The van der Waals surface area contributed by atoms with Crippen LogP contribution in [-0.4, -0.2) is 0 Å². The summed E-state index contributed by atoms with van der Waals surface area (Å²) in [6, 6.07) is 7.96. The predicted octanol–water partition coefficient (Wildman–Crippen LogP) is 5.34. The molecule has 0 unspecified atom stereocenters. The van der Waals surface area contributed by atoms with E-state index in [0.29, 0.717) is 10.7 Å². The van der Waals surface area contributed by atoms with Crippen LogP contribution in [0.15, 0.2) is 36.4 Å². The summed E-state index contributed by atoms with van der Waals surface area (Å²) in [5.74, 6) is 0. The van der Waals surface area contributed by atoms with E-state index in [0.717, 1.165) is 6.07 Å². The van der Waals surface area contributed by atoms with Crippen LogP contribution in [0, 0.1) is 0 Å². The van der Waals surface area contributed by atoms with Crippen LogP contribution in [0.3, 0.4) is 0 Å². The molecule has 0 amide bonds. The van der Waals surface area contributed by atoms with Crippen LogP contribution in [0.5, 0.6) is 0 Å². The zero-order valence-corrected chi connectivity index (χ0v) is 11.4. The molecular formula is C13H9Cl2F3N2. The summed E-state index contributed by atoms with van der Waals surface area (Å²) in [6.45, 7) is 0. The Morgan fingerprint density at radius 3 is 2.00 bits per heavy atom. The summed E-state index contributed by atoms with van der Waals surface area (Å²) in [4.78, 5) is 0. The first-order valence-corrected chi connectivity index (χ1v) is 6.22. The molecule has 0 spiro atoms. The molecule has 0 aliphatic carbocycles. The second-order valence-electron chi connectivity index (χ2n) is 4.04. The molecule has 2 aromatic carbocycles. The molecule has 2 nitrogen and oxygen atoms in total. The quantitative estimate of drug-likeness (QED) is 0.733. The maximum Gasteiger partial charge on any atom is 0.418 e. The fourth-order valence-electron chi connectivity index (χ4n) is 1.65. The molecule has 0 heterocycles. The Bertz CT molecular complexity index is 642. The van der Waals surface area contributed by atoms with Crippen LogP contribution < -0.4 is 11.1 Å². The van der Waals surface area contributed by atoms with E-state index in [-0.39, 0.29) is 16.4 Å². The van der Waals surface area contributed by atoms with Crippen molar-refractivity contribution in [1.29, 1.82) is 0 Å². The van der Waals surface area contributed by atoms with Gasteiger partial charge in [-0.05, 0) is 36.4 Å². The standard InChI is InChI=1S/C13H9Cl2F3N2/c14-7-1-3-11(9(5-7)13(16,17)18)20-12-4-2-8(15)6-10(12)19/h1-6,20H,19H2. The van der Waals surface area contributed by atoms with Gasteiger partial charge in [-0.25, -0.2) is 0 Å². The summed E-state index contributed by atoms with van der Waals surface area (Å²) in [6.07, 6.45) is -4.52. The maximum atomic E-state index is 12.9. The molecule has 3 N–H and O–H groups in total. The number of nitrogens with two attached hydrogens (primary N) is 1. The predicted molar refractivity (Wildman–Crippen MR) is 75.6 cm³/mol. The van der Waals surface area contributed by atoms with E-state index in [2.05, 4.69) is 5.32 Å². The molecule has 2 rings (SSSR count). The highest BCUT2D eigenvalue weighted by Gasteiger charge is 2.33. The molecule has 0 saturated carbocycles. The third kappa shape index (κ3) is 3.29. The fraction of sp³-hybridized carbons (Fsp3) is 0.0769. The highest BCUT2D eigenvalue weighted by molar-refractivity contribution is 6.31. The van der Waals surface area contributed by atoms with Gasteiger partial charge >= 0.3 is 6.18 Å². The average Bonchev–Trinajstić information content (AvgIpc) is 2.33. The highest BCUT2D eigenvalue weighted by Crippen LogP contribution is 2.38. The lowest BCUT2D eigenvalue weighted by atomic mass is 10.1. The van der Waals surface area contributed by atoms with Gasteiger partial charge < -0.3 is 11.1 Å². The van der Waals surface area contributed by atoms with Crippen molar-refractivity contribution in [3.63, 3.8) is 0 Å². The Morgan fingerprint density at radius 2 is 1.45 bits per heavy atom. The number of anilines is 3. The zero-order valence-electron chi connectivity index (χ0n) is 9.93. The van der Waals surface area contributed by atoms with Gasteiger partial charge in [0.25, 0.3) is 0 Å². The van der Waals surface area contributed by atoms with Crippen LogP contribution in [-0.2, 0) is 6.18 Å².